The van der Waals surface area contributed by atoms with Gasteiger partial charge in [0.1, 0.15) is 5.75 Å². The van der Waals surface area contributed by atoms with Crippen LogP contribution in [0.5, 0.6) is 5.75 Å². The molecule has 0 heterocycles. The van der Waals surface area contributed by atoms with Gasteiger partial charge in [0, 0.05) is 12.1 Å². The van der Waals surface area contributed by atoms with Crippen LogP contribution in [0.15, 0.2) is 24.3 Å². The highest BCUT2D eigenvalue weighted by atomic mass is 35.5. The van der Waals surface area contributed by atoms with Gasteiger partial charge < -0.3 is 15.8 Å². The van der Waals surface area contributed by atoms with Crippen molar-refractivity contribution in [3.05, 3.63) is 29.8 Å². The van der Waals surface area contributed by atoms with Crippen molar-refractivity contribution < 1.29 is 9.53 Å². The molecule has 1 unspecified atom stereocenters. The lowest BCUT2D eigenvalue weighted by Gasteiger charge is -2.29. The molecule has 19 heavy (non-hydrogen) atoms. The van der Waals surface area contributed by atoms with E-state index in [9.17, 15) is 4.79 Å². The average Bonchev–Trinajstić information content (AvgIpc) is 3.23. The van der Waals surface area contributed by atoms with Crippen LogP contribution in [0.2, 0.25) is 0 Å². The van der Waals surface area contributed by atoms with Crippen LogP contribution in [-0.4, -0.2) is 25.1 Å². The number of hydrogen-bond donors (Lipinski definition) is 2. The summed E-state index contributed by atoms with van der Waals surface area (Å²) in [5.74, 6) is 1.19. The van der Waals surface area contributed by atoms with E-state index in [0.29, 0.717) is 18.0 Å². The van der Waals surface area contributed by atoms with Crippen molar-refractivity contribution in [1.29, 1.82) is 0 Å². The molecular formula is C14H21ClN2O2. The van der Waals surface area contributed by atoms with Crippen molar-refractivity contribution in [3.63, 3.8) is 0 Å². The Morgan fingerprint density at radius 3 is 2.42 bits per heavy atom. The molecule has 0 spiro atoms. The number of amides is 1. The van der Waals surface area contributed by atoms with Gasteiger partial charge in [-0.1, -0.05) is 0 Å². The highest BCUT2D eigenvalue weighted by molar-refractivity contribution is 5.94. The number of ether oxygens (including phenoxy) is 1. The van der Waals surface area contributed by atoms with Crippen LogP contribution in [-0.2, 0) is 0 Å². The number of methoxy groups -OCH3 is 1. The zero-order chi connectivity index (χ0) is 13.2. The van der Waals surface area contributed by atoms with E-state index in [2.05, 4.69) is 5.32 Å². The van der Waals surface area contributed by atoms with Crippen molar-refractivity contribution in [1.82, 2.24) is 5.32 Å². The fourth-order valence-electron chi connectivity index (χ4n) is 2.11. The molecule has 5 heteroatoms. The summed E-state index contributed by atoms with van der Waals surface area (Å²) in [5.41, 5.74) is 6.14. The van der Waals surface area contributed by atoms with Gasteiger partial charge in [-0.05, 0) is 49.9 Å². The molecule has 0 saturated heterocycles. The van der Waals surface area contributed by atoms with E-state index < -0.39 is 0 Å². The first kappa shape index (κ1) is 15.8. The summed E-state index contributed by atoms with van der Waals surface area (Å²) in [6.45, 7) is 2.49. The van der Waals surface area contributed by atoms with Gasteiger partial charge in [0.2, 0.25) is 0 Å². The topological polar surface area (TPSA) is 64.3 Å². The second-order valence-electron chi connectivity index (χ2n) is 5.08. The van der Waals surface area contributed by atoms with E-state index in [-0.39, 0.29) is 23.9 Å². The first-order chi connectivity index (χ1) is 8.59. The summed E-state index contributed by atoms with van der Waals surface area (Å²) < 4.78 is 5.07. The van der Waals surface area contributed by atoms with Crippen LogP contribution >= 0.6 is 12.4 Å². The fraction of sp³-hybridized carbons (Fsp3) is 0.500. The Kier molecular flexibility index (Phi) is 5.20. The third-order valence-corrected chi connectivity index (χ3v) is 3.65. The molecule has 1 aliphatic rings. The maximum Gasteiger partial charge on any atom is 0.251 e. The molecule has 1 amide bonds. The average molecular weight is 285 g/mol. The Bertz CT molecular complexity index is 432. The number of nitrogens with one attached hydrogen (secondary N) is 1. The molecule has 1 fully saturated rings. The van der Waals surface area contributed by atoms with Gasteiger partial charge in [0.05, 0.1) is 12.6 Å². The molecule has 1 aromatic rings. The number of carbonyl (C=O) groups excluding carboxylic acids is 1. The van der Waals surface area contributed by atoms with Gasteiger partial charge in [0.15, 0.2) is 0 Å². The van der Waals surface area contributed by atoms with E-state index in [4.69, 9.17) is 10.5 Å². The first-order valence-electron chi connectivity index (χ1n) is 6.25. The molecule has 0 radical (unpaired) electrons. The number of carbonyl (C=O) groups is 1. The lowest BCUT2D eigenvalue weighted by Crippen LogP contribution is -2.53. The molecule has 1 saturated carbocycles. The normalized spacial score (nSPS) is 17.0. The Hall–Kier alpha value is -1.26. The van der Waals surface area contributed by atoms with Crippen molar-refractivity contribution >= 4 is 18.3 Å². The van der Waals surface area contributed by atoms with Crippen molar-refractivity contribution in [2.45, 2.75) is 25.3 Å². The molecule has 0 bridgehead atoms. The summed E-state index contributed by atoms with van der Waals surface area (Å²) in [6, 6.07) is 7.09. The number of hydrogen-bond acceptors (Lipinski definition) is 3. The second-order valence-corrected chi connectivity index (χ2v) is 5.08. The highest BCUT2D eigenvalue weighted by Crippen LogP contribution is 2.39. The molecule has 4 nitrogen and oxygen atoms in total. The van der Waals surface area contributed by atoms with Crippen molar-refractivity contribution in [3.8, 4) is 5.75 Å². The Balaban J connectivity index is 0.00000180. The predicted molar refractivity (Wildman–Crippen MR) is 77.9 cm³/mol. The van der Waals surface area contributed by atoms with Gasteiger partial charge >= 0.3 is 0 Å². The van der Waals surface area contributed by atoms with Crippen LogP contribution in [0.25, 0.3) is 0 Å². The quantitative estimate of drug-likeness (QED) is 0.869. The molecule has 1 aromatic carbocycles. The van der Waals surface area contributed by atoms with Gasteiger partial charge in [-0.25, -0.2) is 0 Å². The molecule has 2 rings (SSSR count). The highest BCUT2D eigenvalue weighted by Gasteiger charge is 2.41. The van der Waals surface area contributed by atoms with Crippen LogP contribution in [0.4, 0.5) is 0 Å². The van der Waals surface area contributed by atoms with Crippen molar-refractivity contribution in [2.75, 3.05) is 13.7 Å². The van der Waals surface area contributed by atoms with E-state index in [1.165, 1.54) is 0 Å². The third kappa shape index (κ3) is 3.61. The molecular weight excluding hydrogens is 264 g/mol. The molecule has 1 aliphatic carbocycles. The molecule has 3 N–H and O–H groups in total. The number of halogens is 1. The lowest BCUT2D eigenvalue weighted by atomic mass is 9.95. The van der Waals surface area contributed by atoms with Crippen molar-refractivity contribution in [2.24, 2.45) is 11.7 Å². The van der Waals surface area contributed by atoms with Crippen LogP contribution in [0.1, 0.15) is 30.1 Å². The number of benzene rings is 1. The largest absolute Gasteiger partial charge is 0.497 e. The fourth-order valence-corrected chi connectivity index (χ4v) is 2.11. The summed E-state index contributed by atoms with van der Waals surface area (Å²) in [5, 5.41) is 3.05. The van der Waals surface area contributed by atoms with E-state index in [0.717, 1.165) is 18.6 Å². The minimum Gasteiger partial charge on any atom is -0.497 e. The van der Waals surface area contributed by atoms with Gasteiger partial charge in [-0.3, -0.25) is 4.79 Å². The minimum absolute atomic E-state index is 0. The van der Waals surface area contributed by atoms with E-state index in [1.807, 2.05) is 6.92 Å². The maximum absolute atomic E-state index is 12.1. The SMILES string of the molecule is COc1ccc(C(=O)NC(C)(CN)C2CC2)cc1.Cl. The Morgan fingerprint density at radius 1 is 1.42 bits per heavy atom. The zero-order valence-electron chi connectivity index (χ0n) is 11.3. The molecule has 1 atom stereocenters. The smallest absolute Gasteiger partial charge is 0.251 e. The van der Waals surface area contributed by atoms with Gasteiger partial charge in [-0.15, -0.1) is 12.4 Å². The Morgan fingerprint density at radius 2 is 2.00 bits per heavy atom. The predicted octanol–water partition coefficient (Wildman–Crippen LogP) is 1.97. The van der Waals surface area contributed by atoms with Crippen LogP contribution in [0, 0.1) is 5.92 Å². The van der Waals surface area contributed by atoms with Crippen LogP contribution in [0.3, 0.4) is 0 Å². The van der Waals surface area contributed by atoms with E-state index >= 15 is 0 Å². The zero-order valence-corrected chi connectivity index (χ0v) is 12.1. The number of nitrogens with two attached hydrogens (primary N) is 1. The van der Waals surface area contributed by atoms with Crippen LogP contribution < -0.4 is 15.8 Å². The maximum atomic E-state index is 12.1. The number of rotatable bonds is 5. The molecule has 0 aliphatic heterocycles. The third-order valence-electron chi connectivity index (χ3n) is 3.65. The molecule has 0 aromatic heterocycles. The Labute approximate surface area is 120 Å². The minimum atomic E-state index is -0.281. The summed E-state index contributed by atoms with van der Waals surface area (Å²) in [6.07, 6.45) is 2.30. The van der Waals surface area contributed by atoms with Gasteiger partial charge in [-0.2, -0.15) is 0 Å². The lowest BCUT2D eigenvalue weighted by molar-refractivity contribution is 0.0898. The summed E-state index contributed by atoms with van der Waals surface area (Å²) in [7, 11) is 1.60. The molecule has 106 valence electrons. The van der Waals surface area contributed by atoms with Gasteiger partial charge in [0.25, 0.3) is 5.91 Å². The first-order valence-corrected chi connectivity index (χ1v) is 6.25. The summed E-state index contributed by atoms with van der Waals surface area (Å²) in [4.78, 5) is 12.1. The van der Waals surface area contributed by atoms with E-state index in [1.54, 1.807) is 31.4 Å². The standard InChI is InChI=1S/C14H20N2O2.ClH/c1-14(9-15,11-5-6-11)16-13(17)10-3-7-12(18-2)8-4-10;/h3-4,7-8,11H,5-6,9,15H2,1-2H3,(H,16,17);1H. The summed E-state index contributed by atoms with van der Waals surface area (Å²) >= 11 is 0. The monoisotopic (exact) mass is 284 g/mol. The second kappa shape index (κ2) is 6.26.